The second-order valence-electron chi connectivity index (χ2n) is 6.49. The minimum atomic E-state index is -0.586. The molecule has 0 spiro atoms. The van der Waals surface area contributed by atoms with Gasteiger partial charge < -0.3 is 14.1 Å². The molecule has 1 aromatic carbocycles. The van der Waals surface area contributed by atoms with Crippen molar-refractivity contribution >= 4 is 34.6 Å². The second kappa shape index (κ2) is 9.13. The number of rotatable bonds is 7. The number of carbonyl (C=O) groups excluding carboxylic acids is 2. The molecule has 1 amide bonds. The molecule has 1 aliphatic carbocycles. The molecule has 6 heteroatoms. The summed E-state index contributed by atoms with van der Waals surface area (Å²) in [6.45, 7) is 2.23. The van der Waals surface area contributed by atoms with Crippen LogP contribution < -0.4 is 0 Å². The van der Waals surface area contributed by atoms with Gasteiger partial charge in [0.1, 0.15) is 5.58 Å². The molecule has 1 aliphatic rings. The monoisotopic (exact) mass is 387 g/mol. The van der Waals surface area contributed by atoms with Crippen molar-refractivity contribution in [2.24, 2.45) is 0 Å². The van der Waals surface area contributed by atoms with Crippen LogP contribution in [0.4, 0.5) is 0 Å². The van der Waals surface area contributed by atoms with Crippen LogP contribution in [0.15, 0.2) is 40.5 Å². The van der Waals surface area contributed by atoms with Crippen LogP contribution in [0, 0.1) is 0 Å². The highest BCUT2D eigenvalue weighted by atomic mass is 32.2. The van der Waals surface area contributed by atoms with Gasteiger partial charge in [-0.05, 0) is 44.9 Å². The van der Waals surface area contributed by atoms with Crippen molar-refractivity contribution in [1.82, 2.24) is 4.90 Å². The Morgan fingerprint density at radius 3 is 2.78 bits per heavy atom. The van der Waals surface area contributed by atoms with E-state index in [-0.39, 0.29) is 18.3 Å². The molecule has 0 N–H and O–H groups in total. The summed E-state index contributed by atoms with van der Waals surface area (Å²) in [6.07, 6.45) is 8.23. The molecule has 0 fully saturated rings. The van der Waals surface area contributed by atoms with E-state index in [4.69, 9.17) is 9.15 Å². The number of benzene rings is 1. The zero-order valence-corrected chi connectivity index (χ0v) is 16.6. The molecule has 0 saturated carbocycles. The van der Waals surface area contributed by atoms with Crippen LogP contribution in [-0.2, 0) is 15.3 Å². The molecule has 0 atom stereocenters. The molecule has 144 valence electrons. The van der Waals surface area contributed by atoms with Gasteiger partial charge in [0.15, 0.2) is 6.61 Å². The van der Waals surface area contributed by atoms with Crippen molar-refractivity contribution in [2.45, 2.75) is 38.4 Å². The number of hydrogen-bond acceptors (Lipinski definition) is 5. The van der Waals surface area contributed by atoms with E-state index in [1.54, 1.807) is 16.7 Å². The van der Waals surface area contributed by atoms with E-state index in [0.29, 0.717) is 17.9 Å². The Labute approximate surface area is 163 Å². The van der Waals surface area contributed by atoms with Crippen molar-refractivity contribution in [1.29, 1.82) is 0 Å². The zero-order chi connectivity index (χ0) is 19.2. The molecule has 0 saturated heterocycles. The lowest BCUT2D eigenvalue weighted by atomic mass is 10.0. The number of likely N-dealkylation sites (N-methyl/N-ethyl adjacent to an activating group) is 1. The minimum Gasteiger partial charge on any atom is -0.450 e. The summed E-state index contributed by atoms with van der Waals surface area (Å²) in [5.74, 6) is 0.0562. The van der Waals surface area contributed by atoms with Crippen LogP contribution in [0.2, 0.25) is 0 Å². The number of amides is 1. The summed E-state index contributed by atoms with van der Waals surface area (Å²) < 4.78 is 11.0. The van der Waals surface area contributed by atoms with Crippen LogP contribution in [-0.4, -0.2) is 36.2 Å². The molecule has 2 aromatic rings. The number of para-hydroxylation sites is 1. The Morgan fingerprint density at radius 2 is 2.07 bits per heavy atom. The Hall–Kier alpha value is -2.21. The molecule has 0 unspecified atom stereocenters. The molecular weight excluding hydrogens is 362 g/mol. The Kier molecular flexibility index (Phi) is 6.61. The van der Waals surface area contributed by atoms with Crippen molar-refractivity contribution < 1.29 is 18.7 Å². The molecule has 0 radical (unpaired) electrons. The molecule has 0 aliphatic heterocycles. The largest absolute Gasteiger partial charge is 0.450 e. The van der Waals surface area contributed by atoms with E-state index in [1.807, 2.05) is 37.4 Å². The van der Waals surface area contributed by atoms with Gasteiger partial charge in [-0.3, -0.25) is 4.79 Å². The number of fused-ring (bicyclic) bond motifs is 1. The fraction of sp³-hybridized carbons (Fsp3) is 0.429. The fourth-order valence-electron chi connectivity index (χ4n) is 3.43. The number of esters is 1. The van der Waals surface area contributed by atoms with Gasteiger partial charge in [-0.2, -0.15) is 11.8 Å². The van der Waals surface area contributed by atoms with Crippen molar-refractivity contribution in [3.8, 4) is 0 Å². The lowest BCUT2D eigenvalue weighted by molar-refractivity contribution is -0.132. The number of thioether (sulfide) groups is 1. The van der Waals surface area contributed by atoms with Gasteiger partial charge in [-0.25, -0.2) is 4.79 Å². The summed E-state index contributed by atoms with van der Waals surface area (Å²) in [5, 5.41) is 0.910. The van der Waals surface area contributed by atoms with Crippen LogP contribution in [0.25, 0.3) is 11.0 Å². The molecular formula is C21H25NO4S. The maximum atomic E-state index is 12.6. The quantitative estimate of drug-likeness (QED) is 0.641. The van der Waals surface area contributed by atoms with Crippen molar-refractivity contribution in [3.05, 3.63) is 47.4 Å². The van der Waals surface area contributed by atoms with Gasteiger partial charge in [-0.1, -0.05) is 24.3 Å². The second-order valence-corrected chi connectivity index (χ2v) is 7.36. The van der Waals surface area contributed by atoms with E-state index in [9.17, 15) is 9.59 Å². The number of ether oxygens (including phenoxy) is 1. The van der Waals surface area contributed by atoms with Gasteiger partial charge in [-0.15, -0.1) is 0 Å². The molecule has 3 rings (SSSR count). The SMILES string of the molecule is CCN(C(=O)COC(=O)c1oc2ccccc2c1CSC)C1=CCCCC1. The predicted octanol–water partition coefficient (Wildman–Crippen LogP) is 4.76. The lowest BCUT2D eigenvalue weighted by Crippen LogP contribution is -2.34. The number of allylic oxidation sites excluding steroid dienone is 2. The van der Waals surface area contributed by atoms with Gasteiger partial charge in [0.25, 0.3) is 5.91 Å². The highest BCUT2D eigenvalue weighted by molar-refractivity contribution is 7.97. The highest BCUT2D eigenvalue weighted by Gasteiger charge is 2.24. The number of nitrogens with zero attached hydrogens (tertiary/aromatic N) is 1. The van der Waals surface area contributed by atoms with Crippen molar-refractivity contribution in [2.75, 3.05) is 19.4 Å². The van der Waals surface area contributed by atoms with Gasteiger partial charge in [0.05, 0.1) is 0 Å². The minimum absolute atomic E-state index is 0.193. The maximum absolute atomic E-state index is 12.6. The highest BCUT2D eigenvalue weighted by Crippen LogP contribution is 2.29. The smallest absolute Gasteiger partial charge is 0.375 e. The van der Waals surface area contributed by atoms with Crippen LogP contribution >= 0.6 is 11.8 Å². The number of hydrogen-bond donors (Lipinski definition) is 0. The van der Waals surface area contributed by atoms with Crippen LogP contribution in [0.5, 0.6) is 0 Å². The third-order valence-electron chi connectivity index (χ3n) is 4.73. The van der Waals surface area contributed by atoms with Crippen molar-refractivity contribution in [3.63, 3.8) is 0 Å². The first kappa shape index (κ1) is 19.5. The van der Waals surface area contributed by atoms with Gasteiger partial charge in [0.2, 0.25) is 5.76 Å². The Balaban J connectivity index is 1.72. The van der Waals surface area contributed by atoms with E-state index >= 15 is 0 Å². The van der Waals surface area contributed by atoms with Gasteiger partial charge in [0, 0.05) is 28.9 Å². The standard InChI is InChI=1S/C21H25NO4S/c1-3-22(15-9-5-4-6-10-15)19(23)13-25-21(24)20-17(14-27-2)16-11-7-8-12-18(16)26-20/h7-9,11-12H,3-6,10,13-14H2,1-2H3. The van der Waals surface area contributed by atoms with E-state index in [0.717, 1.165) is 42.3 Å². The normalized spacial score (nSPS) is 14.1. The molecule has 1 heterocycles. The van der Waals surface area contributed by atoms with Crippen LogP contribution in [0.1, 0.15) is 48.7 Å². The van der Waals surface area contributed by atoms with Gasteiger partial charge >= 0.3 is 5.97 Å². The summed E-state index contributed by atoms with van der Waals surface area (Å²) in [4.78, 5) is 26.9. The lowest BCUT2D eigenvalue weighted by Gasteiger charge is -2.26. The number of furan rings is 1. The first-order valence-corrected chi connectivity index (χ1v) is 10.7. The summed E-state index contributed by atoms with van der Waals surface area (Å²) in [5.41, 5.74) is 2.51. The maximum Gasteiger partial charge on any atom is 0.375 e. The zero-order valence-electron chi connectivity index (χ0n) is 15.8. The van der Waals surface area contributed by atoms with Crippen LogP contribution in [0.3, 0.4) is 0 Å². The van der Waals surface area contributed by atoms with E-state index in [2.05, 4.69) is 6.08 Å². The van der Waals surface area contributed by atoms with E-state index < -0.39 is 5.97 Å². The summed E-state index contributed by atoms with van der Waals surface area (Å²) in [7, 11) is 0. The third kappa shape index (κ3) is 4.38. The Morgan fingerprint density at radius 1 is 1.26 bits per heavy atom. The topological polar surface area (TPSA) is 59.8 Å². The predicted molar refractivity (Wildman–Crippen MR) is 108 cm³/mol. The van der Waals surface area contributed by atoms with E-state index in [1.165, 1.54) is 0 Å². The summed E-state index contributed by atoms with van der Waals surface area (Å²) in [6, 6.07) is 7.54. The average molecular weight is 388 g/mol. The Bertz CT molecular complexity index is 855. The number of carbonyl (C=O) groups is 2. The fourth-order valence-corrected chi connectivity index (χ4v) is 4.00. The molecule has 1 aromatic heterocycles. The molecule has 27 heavy (non-hydrogen) atoms. The average Bonchev–Trinajstić information content (AvgIpc) is 3.07. The molecule has 0 bridgehead atoms. The summed E-state index contributed by atoms with van der Waals surface area (Å²) >= 11 is 1.61. The third-order valence-corrected chi connectivity index (χ3v) is 5.31. The first-order valence-electron chi connectivity index (χ1n) is 9.31. The molecule has 5 nitrogen and oxygen atoms in total. The first-order chi connectivity index (χ1) is 13.2.